The average molecular weight is 572 g/mol. The van der Waals surface area contributed by atoms with E-state index in [0.29, 0.717) is 35.8 Å². The molecule has 41 heavy (non-hydrogen) atoms. The number of rotatable bonds is 11. The Bertz CT molecular complexity index is 1430. The first-order valence-corrected chi connectivity index (χ1v) is 14.7. The first kappa shape index (κ1) is 30.1. The maximum Gasteiger partial charge on any atom is 0.150 e. The zero-order valence-corrected chi connectivity index (χ0v) is 24.9. The number of hydrogen-bond donors (Lipinski definition) is 1. The van der Waals surface area contributed by atoms with Gasteiger partial charge in [0, 0.05) is 42.4 Å². The monoisotopic (exact) mass is 571 g/mol. The van der Waals surface area contributed by atoms with Gasteiger partial charge in [0.1, 0.15) is 29.6 Å². The summed E-state index contributed by atoms with van der Waals surface area (Å²) in [5.41, 5.74) is 3.83. The molecule has 1 N–H and O–H groups in total. The number of likely N-dealkylation sites (tertiary alicyclic amines) is 1. The van der Waals surface area contributed by atoms with Crippen LogP contribution >= 0.6 is 11.3 Å². The summed E-state index contributed by atoms with van der Waals surface area (Å²) in [5.74, 6) is 1.48. The molecule has 8 heteroatoms. The highest BCUT2D eigenvalue weighted by Gasteiger charge is 2.15. The molecule has 6 nitrogen and oxygen atoms in total. The Hall–Kier alpha value is -3.88. The summed E-state index contributed by atoms with van der Waals surface area (Å²) in [5, 5.41) is 3.30. The molecule has 1 fully saturated rings. The van der Waals surface area contributed by atoms with Crippen molar-refractivity contribution >= 4 is 34.9 Å². The lowest BCUT2D eigenvalue weighted by atomic mass is 10.1. The van der Waals surface area contributed by atoms with Crippen LogP contribution in [0.15, 0.2) is 89.1 Å². The van der Waals surface area contributed by atoms with E-state index in [1.54, 1.807) is 29.5 Å². The molecule has 0 aliphatic carbocycles. The molecule has 0 amide bonds. The molecule has 0 radical (unpaired) electrons. The molecule has 2 heterocycles. The van der Waals surface area contributed by atoms with E-state index in [1.165, 1.54) is 58.9 Å². The molecule has 0 unspecified atom stereocenters. The number of thiophene rings is 1. The number of benzene rings is 2. The first-order chi connectivity index (χ1) is 19.8. The van der Waals surface area contributed by atoms with Gasteiger partial charge in [0.05, 0.1) is 6.54 Å². The van der Waals surface area contributed by atoms with Gasteiger partial charge in [0.15, 0.2) is 0 Å². The van der Waals surface area contributed by atoms with Crippen LogP contribution in [-0.2, 0) is 17.9 Å². The van der Waals surface area contributed by atoms with Crippen molar-refractivity contribution in [2.45, 2.75) is 39.3 Å². The fourth-order valence-electron chi connectivity index (χ4n) is 4.74. The number of amidine groups is 2. The van der Waals surface area contributed by atoms with Gasteiger partial charge >= 0.3 is 0 Å². The minimum absolute atomic E-state index is 0.340. The normalized spacial score (nSPS) is 14.8. The van der Waals surface area contributed by atoms with Crippen molar-refractivity contribution in [2.24, 2.45) is 9.98 Å². The molecule has 4 rings (SSSR count). The van der Waals surface area contributed by atoms with Crippen LogP contribution < -0.4 is 5.32 Å². The summed E-state index contributed by atoms with van der Waals surface area (Å²) in [4.78, 5) is 27.7. The molecule has 0 bridgehead atoms. The standard InChI is InChI=1S/C33H38FN5OS/c1-24(36-25(2)37-33(38(3)4)18-13-28(23-40)26-11-14-29(34)15-12-26)35-21-30-16-17-32(41-30)31-10-6-5-9-27(31)22-39-19-7-8-20-39/h5-6,9-17,23,35H,1,7-8,18-22H2,2-4H3/b28-13+,36-25?,37-33?. The predicted molar refractivity (Wildman–Crippen MR) is 170 cm³/mol. The van der Waals surface area contributed by atoms with Crippen LogP contribution in [0.1, 0.15) is 42.2 Å². The van der Waals surface area contributed by atoms with E-state index in [2.05, 4.69) is 63.2 Å². The highest BCUT2D eigenvalue weighted by molar-refractivity contribution is 7.15. The SMILES string of the molecule is C=C(N=C(C)N=C(C/C=C(\C=O)c1ccc(F)cc1)N(C)C)NCc1ccc(-c2ccccc2CN2CCCC2)s1. The third-order valence-electron chi connectivity index (χ3n) is 6.92. The Kier molecular flexibility index (Phi) is 10.8. The van der Waals surface area contributed by atoms with Crippen molar-refractivity contribution < 1.29 is 9.18 Å². The predicted octanol–water partition coefficient (Wildman–Crippen LogP) is 6.76. The summed E-state index contributed by atoms with van der Waals surface area (Å²) in [6, 6.07) is 18.9. The lowest BCUT2D eigenvalue weighted by Crippen LogP contribution is -2.22. The second-order valence-electron chi connectivity index (χ2n) is 10.3. The van der Waals surface area contributed by atoms with Gasteiger partial charge in [0.25, 0.3) is 0 Å². The molecule has 0 atom stereocenters. The zero-order valence-electron chi connectivity index (χ0n) is 24.1. The molecule has 2 aromatic carbocycles. The van der Waals surface area contributed by atoms with Gasteiger partial charge < -0.3 is 10.2 Å². The fraction of sp³-hybridized carbons (Fsp3) is 0.303. The summed E-state index contributed by atoms with van der Waals surface area (Å²) >= 11 is 1.78. The molecule has 1 aliphatic rings. The lowest BCUT2D eigenvalue weighted by Gasteiger charge is -2.17. The van der Waals surface area contributed by atoms with Crippen molar-refractivity contribution in [1.29, 1.82) is 0 Å². The Morgan fingerprint density at radius 1 is 1.07 bits per heavy atom. The van der Waals surface area contributed by atoms with Crippen molar-refractivity contribution in [1.82, 2.24) is 15.1 Å². The molecule has 0 spiro atoms. The molecule has 1 saturated heterocycles. The highest BCUT2D eigenvalue weighted by Crippen LogP contribution is 2.32. The summed E-state index contributed by atoms with van der Waals surface area (Å²) in [7, 11) is 3.78. The number of nitrogens with one attached hydrogen (secondary N) is 1. The first-order valence-electron chi connectivity index (χ1n) is 13.9. The van der Waals surface area contributed by atoms with Crippen LogP contribution in [0.5, 0.6) is 0 Å². The number of halogens is 1. The van der Waals surface area contributed by atoms with Crippen molar-refractivity contribution in [2.75, 3.05) is 27.2 Å². The van der Waals surface area contributed by atoms with E-state index < -0.39 is 0 Å². The van der Waals surface area contributed by atoms with Crippen LogP contribution in [0.25, 0.3) is 16.0 Å². The molecule has 1 aromatic heterocycles. The van der Waals surface area contributed by atoms with E-state index in [1.807, 2.05) is 25.9 Å². The Morgan fingerprint density at radius 2 is 1.80 bits per heavy atom. The van der Waals surface area contributed by atoms with Gasteiger partial charge in [-0.1, -0.05) is 49.1 Å². The quantitative estimate of drug-likeness (QED) is 0.120. The molecule has 1 aliphatic heterocycles. The third kappa shape index (κ3) is 8.80. The topological polar surface area (TPSA) is 60.3 Å². The maximum atomic E-state index is 13.3. The van der Waals surface area contributed by atoms with E-state index >= 15 is 0 Å². The van der Waals surface area contributed by atoms with Gasteiger partial charge in [-0.2, -0.15) is 0 Å². The molecule has 3 aromatic rings. The third-order valence-corrected chi connectivity index (χ3v) is 8.04. The van der Waals surface area contributed by atoms with Crippen molar-refractivity contribution in [3.05, 3.63) is 101 Å². The number of carbonyl (C=O) groups excluding carboxylic acids is 1. The van der Waals surface area contributed by atoms with Crippen LogP contribution in [0.2, 0.25) is 0 Å². The zero-order chi connectivity index (χ0) is 29.2. The minimum Gasteiger partial charge on any atom is -0.366 e. The van der Waals surface area contributed by atoms with E-state index in [9.17, 15) is 9.18 Å². The van der Waals surface area contributed by atoms with Gasteiger partial charge in [-0.05, 0) is 73.8 Å². The van der Waals surface area contributed by atoms with Crippen LogP contribution in [0, 0.1) is 5.82 Å². The second-order valence-corrected chi connectivity index (χ2v) is 11.4. The Balaban J connectivity index is 1.37. The summed E-state index contributed by atoms with van der Waals surface area (Å²) in [6.45, 7) is 9.88. The molecular formula is C33H38FN5OS. The Labute approximate surface area is 246 Å². The van der Waals surface area contributed by atoms with Gasteiger partial charge in [-0.3, -0.25) is 9.69 Å². The van der Waals surface area contributed by atoms with Crippen LogP contribution in [0.4, 0.5) is 4.39 Å². The fourth-order valence-corrected chi connectivity index (χ4v) is 5.75. The number of nitrogens with zero attached hydrogens (tertiary/aromatic N) is 4. The average Bonchev–Trinajstić information content (AvgIpc) is 3.65. The van der Waals surface area contributed by atoms with Crippen molar-refractivity contribution in [3.63, 3.8) is 0 Å². The van der Waals surface area contributed by atoms with E-state index in [4.69, 9.17) is 0 Å². The van der Waals surface area contributed by atoms with E-state index in [-0.39, 0.29) is 5.82 Å². The molecule has 0 saturated carbocycles. The maximum absolute atomic E-state index is 13.3. The van der Waals surface area contributed by atoms with Gasteiger partial charge in [-0.15, -0.1) is 11.3 Å². The number of aliphatic imine (C=N–C) groups is 2. The Morgan fingerprint density at radius 3 is 2.51 bits per heavy atom. The van der Waals surface area contributed by atoms with Gasteiger partial charge in [0.2, 0.25) is 0 Å². The van der Waals surface area contributed by atoms with Crippen LogP contribution in [0.3, 0.4) is 0 Å². The van der Waals surface area contributed by atoms with Gasteiger partial charge in [-0.25, -0.2) is 14.4 Å². The number of carbonyl (C=O) groups is 1. The number of allylic oxidation sites excluding steroid dienone is 1. The minimum atomic E-state index is -0.340. The van der Waals surface area contributed by atoms with E-state index in [0.717, 1.165) is 18.7 Å². The highest BCUT2D eigenvalue weighted by atomic mass is 32.1. The van der Waals surface area contributed by atoms with Crippen LogP contribution in [-0.4, -0.2) is 54.9 Å². The summed E-state index contributed by atoms with van der Waals surface area (Å²) in [6.07, 6.45) is 5.56. The van der Waals surface area contributed by atoms with Crippen molar-refractivity contribution in [3.8, 4) is 10.4 Å². The number of aldehydes is 1. The summed E-state index contributed by atoms with van der Waals surface area (Å²) < 4.78 is 13.3. The smallest absolute Gasteiger partial charge is 0.150 e. The lowest BCUT2D eigenvalue weighted by molar-refractivity contribution is -0.103. The molecule has 214 valence electrons. The number of hydrogen-bond acceptors (Lipinski definition) is 5. The second kappa shape index (κ2) is 14.7. The largest absolute Gasteiger partial charge is 0.366 e. The molecular weight excluding hydrogens is 533 g/mol.